The van der Waals surface area contributed by atoms with E-state index in [0.29, 0.717) is 23.5 Å². The Morgan fingerprint density at radius 2 is 1.75 bits per heavy atom. The zero-order chi connectivity index (χ0) is 25.6. The Labute approximate surface area is 206 Å². The number of phenolic OH excluding ortho intramolecular Hbond substituents is 3. The van der Waals surface area contributed by atoms with Gasteiger partial charge in [-0.15, -0.1) is 0 Å². The van der Waals surface area contributed by atoms with Crippen LogP contribution in [0.4, 0.5) is 0 Å². The van der Waals surface area contributed by atoms with Crippen molar-refractivity contribution in [3.8, 4) is 40.1 Å². The van der Waals surface area contributed by atoms with Crippen molar-refractivity contribution < 1.29 is 34.0 Å². The number of para-hydroxylation sites is 1. The third-order valence-electron chi connectivity index (χ3n) is 6.05. The van der Waals surface area contributed by atoms with Crippen LogP contribution < -0.4 is 14.9 Å². The smallest absolute Gasteiger partial charge is 0.312 e. The van der Waals surface area contributed by atoms with Crippen molar-refractivity contribution in [2.75, 3.05) is 6.61 Å². The summed E-state index contributed by atoms with van der Waals surface area (Å²) in [6.45, 7) is 4.54. The van der Waals surface area contributed by atoms with E-state index in [0.717, 1.165) is 5.56 Å². The maximum absolute atomic E-state index is 13.1. The third-order valence-corrected chi connectivity index (χ3v) is 6.05. The molecule has 3 aromatic carbocycles. The highest BCUT2D eigenvalue weighted by Crippen LogP contribution is 2.48. The lowest BCUT2D eigenvalue weighted by atomic mass is 9.84. The van der Waals surface area contributed by atoms with Crippen molar-refractivity contribution in [2.45, 2.75) is 26.2 Å². The second kappa shape index (κ2) is 8.96. The van der Waals surface area contributed by atoms with Crippen LogP contribution in [-0.4, -0.2) is 27.9 Å². The predicted molar refractivity (Wildman–Crippen MR) is 132 cm³/mol. The number of benzene rings is 3. The van der Waals surface area contributed by atoms with Gasteiger partial charge >= 0.3 is 5.97 Å². The van der Waals surface area contributed by atoms with Crippen molar-refractivity contribution in [1.29, 1.82) is 0 Å². The average molecular weight is 488 g/mol. The normalized spacial score (nSPS) is 15.1. The Bertz CT molecular complexity index is 1550. The molecule has 8 heteroatoms. The highest BCUT2D eigenvalue weighted by Gasteiger charge is 2.35. The molecule has 2 heterocycles. The fourth-order valence-electron chi connectivity index (χ4n) is 4.40. The number of ether oxygens (including phenoxy) is 2. The zero-order valence-corrected chi connectivity index (χ0v) is 19.6. The molecular weight excluding hydrogens is 464 g/mol. The molecule has 1 aromatic heterocycles. The topological polar surface area (TPSA) is 126 Å². The van der Waals surface area contributed by atoms with Gasteiger partial charge in [-0.2, -0.15) is 0 Å². The molecule has 0 spiro atoms. The second-order valence-corrected chi connectivity index (χ2v) is 9.16. The number of hydrogen-bond acceptors (Lipinski definition) is 8. The van der Waals surface area contributed by atoms with Crippen LogP contribution in [0.2, 0.25) is 0 Å². The van der Waals surface area contributed by atoms with E-state index >= 15 is 0 Å². The fraction of sp³-hybridized carbons (Fsp3) is 0.214. The molecule has 8 nitrogen and oxygen atoms in total. The van der Waals surface area contributed by atoms with E-state index in [9.17, 15) is 24.9 Å². The van der Waals surface area contributed by atoms with Gasteiger partial charge in [0.25, 0.3) is 0 Å². The summed E-state index contributed by atoms with van der Waals surface area (Å²) in [4.78, 5) is 25.7. The lowest BCUT2D eigenvalue weighted by Crippen LogP contribution is -2.22. The molecule has 0 radical (unpaired) electrons. The van der Waals surface area contributed by atoms with Crippen LogP contribution in [0.15, 0.2) is 63.8 Å². The molecule has 0 amide bonds. The molecule has 1 atom stereocenters. The van der Waals surface area contributed by atoms with Gasteiger partial charge in [0.2, 0.25) is 0 Å². The molecule has 0 aliphatic carbocycles. The molecule has 1 aliphatic rings. The molecule has 0 saturated heterocycles. The van der Waals surface area contributed by atoms with E-state index in [4.69, 9.17) is 13.9 Å². The van der Waals surface area contributed by atoms with Crippen LogP contribution in [0.1, 0.15) is 37.3 Å². The van der Waals surface area contributed by atoms with E-state index < -0.39 is 17.3 Å². The summed E-state index contributed by atoms with van der Waals surface area (Å²) in [6.07, 6.45) is -0.0249. The summed E-state index contributed by atoms with van der Waals surface area (Å²) in [5, 5.41) is 30.2. The Balaban J connectivity index is 1.76. The molecule has 1 aliphatic heterocycles. The second-order valence-electron chi connectivity index (χ2n) is 9.16. The lowest BCUT2D eigenvalue weighted by Gasteiger charge is -2.27. The molecule has 4 aromatic rings. The minimum atomic E-state index is -0.570. The molecule has 5 rings (SSSR count). The number of rotatable bonds is 5. The monoisotopic (exact) mass is 488 g/mol. The summed E-state index contributed by atoms with van der Waals surface area (Å²) >= 11 is 0. The highest BCUT2D eigenvalue weighted by molar-refractivity contribution is 5.93. The van der Waals surface area contributed by atoms with Crippen LogP contribution in [0, 0.1) is 5.92 Å². The van der Waals surface area contributed by atoms with Gasteiger partial charge in [-0.25, -0.2) is 0 Å². The van der Waals surface area contributed by atoms with E-state index in [1.165, 1.54) is 30.3 Å². The number of aromatic hydroxyl groups is 3. The highest BCUT2D eigenvalue weighted by atomic mass is 16.5. The maximum Gasteiger partial charge on any atom is 0.312 e. The number of carbonyl (C=O) groups is 1. The fourth-order valence-corrected chi connectivity index (χ4v) is 4.40. The minimum Gasteiger partial charge on any atom is -0.507 e. The molecule has 3 N–H and O–H groups in total. The van der Waals surface area contributed by atoms with Crippen molar-refractivity contribution in [1.82, 2.24) is 0 Å². The molecule has 36 heavy (non-hydrogen) atoms. The van der Waals surface area contributed by atoms with Crippen molar-refractivity contribution in [3.63, 3.8) is 0 Å². The average Bonchev–Trinajstić information content (AvgIpc) is 2.83. The van der Waals surface area contributed by atoms with Gasteiger partial charge in [0.15, 0.2) is 16.9 Å². The maximum atomic E-state index is 13.1. The first-order valence-corrected chi connectivity index (χ1v) is 11.5. The number of carbonyl (C=O) groups excluding carboxylic acids is 1. The van der Waals surface area contributed by atoms with Gasteiger partial charge in [-0.1, -0.05) is 32.0 Å². The third kappa shape index (κ3) is 4.11. The first kappa shape index (κ1) is 23.3. The zero-order valence-electron chi connectivity index (χ0n) is 19.6. The van der Waals surface area contributed by atoms with Crippen LogP contribution in [-0.2, 0) is 4.79 Å². The Morgan fingerprint density at radius 1 is 0.972 bits per heavy atom. The van der Waals surface area contributed by atoms with Crippen molar-refractivity contribution in [2.24, 2.45) is 5.92 Å². The van der Waals surface area contributed by atoms with Gasteiger partial charge in [0.1, 0.15) is 34.0 Å². The molecule has 1 unspecified atom stereocenters. The van der Waals surface area contributed by atoms with Crippen molar-refractivity contribution >= 4 is 16.9 Å². The van der Waals surface area contributed by atoms with Gasteiger partial charge in [-0.3, -0.25) is 9.59 Å². The summed E-state index contributed by atoms with van der Waals surface area (Å²) in [5.41, 5.74) is 1.05. The van der Waals surface area contributed by atoms with Gasteiger partial charge < -0.3 is 29.2 Å². The Morgan fingerprint density at radius 3 is 2.50 bits per heavy atom. The van der Waals surface area contributed by atoms with E-state index in [-0.39, 0.29) is 52.1 Å². The van der Waals surface area contributed by atoms with Crippen LogP contribution >= 0.6 is 0 Å². The van der Waals surface area contributed by atoms with E-state index in [1.807, 2.05) is 38.1 Å². The van der Waals surface area contributed by atoms with Crippen LogP contribution in [0.5, 0.6) is 28.7 Å². The summed E-state index contributed by atoms with van der Waals surface area (Å²) < 4.78 is 17.6. The predicted octanol–water partition coefficient (Wildman–Crippen LogP) is 5.05. The Hall–Kier alpha value is -4.46. The Kier molecular flexibility index (Phi) is 5.80. The number of hydrogen-bond donors (Lipinski definition) is 3. The first-order valence-electron chi connectivity index (χ1n) is 11.5. The van der Waals surface area contributed by atoms with Gasteiger partial charge in [-0.05, 0) is 30.2 Å². The number of fused-ring (bicyclic) bond motifs is 3. The standard InChI is InChI=1S/C28H24O8/c1-14(2)13-34-22-6-4-3-5-16(22)17-10-25(33)35-24-12-21(32)27-20(31)11-23(36-28(27)26(17)24)15-7-8-18(29)19(30)9-15/h3-9,11-12,14,17,29-30,32H,10,13H2,1-2H3. The van der Waals surface area contributed by atoms with Crippen molar-refractivity contribution in [3.05, 3.63) is 75.9 Å². The number of esters is 1. The SMILES string of the molecule is CC(C)COc1ccccc1C1CC(=O)Oc2cc(O)c3c(=O)cc(-c4ccc(O)c(O)c4)oc3c21. The quantitative estimate of drug-likeness (QED) is 0.202. The minimum absolute atomic E-state index is 0.0249. The molecule has 0 fully saturated rings. The largest absolute Gasteiger partial charge is 0.507 e. The number of phenols is 3. The van der Waals surface area contributed by atoms with Gasteiger partial charge in [0, 0.05) is 34.7 Å². The van der Waals surface area contributed by atoms with E-state index in [2.05, 4.69) is 0 Å². The molecular formula is C28H24O8. The molecule has 0 bridgehead atoms. The molecule has 184 valence electrons. The summed E-state index contributed by atoms with van der Waals surface area (Å²) in [6, 6.07) is 13.8. The first-order chi connectivity index (χ1) is 17.2. The molecule has 0 saturated carbocycles. The lowest BCUT2D eigenvalue weighted by molar-refractivity contribution is -0.135. The summed E-state index contributed by atoms with van der Waals surface area (Å²) in [7, 11) is 0. The van der Waals surface area contributed by atoms with E-state index in [1.54, 1.807) is 0 Å². The van der Waals surface area contributed by atoms with Gasteiger partial charge in [0.05, 0.1) is 13.0 Å². The van der Waals surface area contributed by atoms with Crippen LogP contribution in [0.3, 0.4) is 0 Å². The summed E-state index contributed by atoms with van der Waals surface area (Å²) in [5.74, 6) is -1.06. The van der Waals surface area contributed by atoms with Crippen LogP contribution in [0.25, 0.3) is 22.3 Å².